The molecule has 0 aliphatic carbocycles. The molecule has 114 valence electrons. The zero-order valence-electron chi connectivity index (χ0n) is 12.2. The van der Waals surface area contributed by atoms with Crippen molar-refractivity contribution >= 4 is 40.9 Å². The topological polar surface area (TPSA) is 38.3 Å². The van der Waals surface area contributed by atoms with Gasteiger partial charge >= 0.3 is 0 Å². The van der Waals surface area contributed by atoms with Gasteiger partial charge in [-0.1, -0.05) is 35.3 Å². The van der Waals surface area contributed by atoms with Gasteiger partial charge in [0.05, 0.1) is 12.8 Å². The number of methoxy groups -OCH3 is 1. The number of carbonyl (C=O) groups excluding carboxylic acids is 1. The Kier molecular flexibility index (Phi) is 5.47. The number of hydrogen-bond donors (Lipinski definition) is 1. The molecule has 0 unspecified atom stereocenters. The Labute approximate surface area is 139 Å². The molecule has 0 aromatic heterocycles. The molecule has 1 amide bonds. The number of hydrogen-bond acceptors (Lipinski definition) is 2. The summed E-state index contributed by atoms with van der Waals surface area (Å²) in [6.45, 7) is 1.94. The maximum atomic E-state index is 12.0. The Hall–Kier alpha value is -1.97. The number of halogens is 2. The molecule has 5 heteroatoms. The highest BCUT2D eigenvalue weighted by atomic mass is 35.5. The third-order valence-electron chi connectivity index (χ3n) is 2.99. The van der Waals surface area contributed by atoms with Gasteiger partial charge in [0.2, 0.25) is 5.91 Å². The van der Waals surface area contributed by atoms with Crippen LogP contribution in [0.3, 0.4) is 0 Å². The minimum atomic E-state index is -0.269. The van der Waals surface area contributed by atoms with Crippen molar-refractivity contribution in [3.63, 3.8) is 0 Å². The van der Waals surface area contributed by atoms with Crippen LogP contribution < -0.4 is 10.1 Å². The summed E-state index contributed by atoms with van der Waals surface area (Å²) in [6.07, 6.45) is 3.05. The molecule has 3 nitrogen and oxygen atoms in total. The van der Waals surface area contributed by atoms with Crippen molar-refractivity contribution < 1.29 is 9.53 Å². The van der Waals surface area contributed by atoms with E-state index in [1.165, 1.54) is 6.08 Å². The third kappa shape index (κ3) is 4.26. The number of anilines is 1. The van der Waals surface area contributed by atoms with E-state index in [0.717, 1.165) is 11.1 Å². The van der Waals surface area contributed by atoms with E-state index < -0.39 is 0 Å². The maximum Gasteiger partial charge on any atom is 0.248 e. The number of carbonyl (C=O) groups is 1. The number of amides is 1. The van der Waals surface area contributed by atoms with Gasteiger partial charge < -0.3 is 10.1 Å². The van der Waals surface area contributed by atoms with Crippen LogP contribution in [-0.4, -0.2) is 13.0 Å². The molecule has 0 spiro atoms. The average Bonchev–Trinajstić information content (AvgIpc) is 2.46. The summed E-state index contributed by atoms with van der Waals surface area (Å²) in [4.78, 5) is 12.0. The minimum Gasteiger partial charge on any atom is -0.495 e. The SMILES string of the molecule is COc1ccc(C)cc1NC(=O)C=Cc1ccc(Cl)cc1Cl. The zero-order chi connectivity index (χ0) is 16.1. The predicted molar refractivity (Wildman–Crippen MR) is 91.9 cm³/mol. The van der Waals surface area contributed by atoms with E-state index in [9.17, 15) is 4.79 Å². The van der Waals surface area contributed by atoms with Gasteiger partial charge in [0, 0.05) is 16.1 Å². The number of rotatable bonds is 4. The van der Waals surface area contributed by atoms with Crippen LogP contribution in [0, 0.1) is 6.92 Å². The fourth-order valence-electron chi connectivity index (χ4n) is 1.90. The quantitative estimate of drug-likeness (QED) is 0.801. The van der Waals surface area contributed by atoms with Crippen LogP contribution in [0.5, 0.6) is 5.75 Å². The molecule has 2 rings (SSSR count). The average molecular weight is 336 g/mol. The number of nitrogens with one attached hydrogen (secondary N) is 1. The zero-order valence-corrected chi connectivity index (χ0v) is 13.7. The van der Waals surface area contributed by atoms with Crippen molar-refractivity contribution in [1.82, 2.24) is 0 Å². The molecule has 1 N–H and O–H groups in total. The first kappa shape index (κ1) is 16.4. The first-order valence-corrected chi connectivity index (χ1v) is 7.34. The molecule has 0 bridgehead atoms. The van der Waals surface area contributed by atoms with Gasteiger partial charge in [-0.15, -0.1) is 0 Å². The molecule has 0 atom stereocenters. The molecule has 0 fully saturated rings. The van der Waals surface area contributed by atoms with Crippen molar-refractivity contribution in [1.29, 1.82) is 0 Å². The van der Waals surface area contributed by atoms with Gasteiger partial charge in [-0.3, -0.25) is 4.79 Å². The first-order valence-electron chi connectivity index (χ1n) is 6.58. The smallest absolute Gasteiger partial charge is 0.248 e. The van der Waals surface area contributed by atoms with Crippen LogP contribution >= 0.6 is 23.2 Å². The van der Waals surface area contributed by atoms with Crippen LogP contribution in [0.1, 0.15) is 11.1 Å². The van der Waals surface area contributed by atoms with Crippen molar-refractivity contribution in [2.24, 2.45) is 0 Å². The van der Waals surface area contributed by atoms with E-state index in [0.29, 0.717) is 21.5 Å². The Balaban J connectivity index is 2.13. The molecular weight excluding hydrogens is 321 g/mol. The minimum absolute atomic E-state index is 0.269. The van der Waals surface area contributed by atoms with E-state index in [4.69, 9.17) is 27.9 Å². The van der Waals surface area contributed by atoms with Crippen LogP contribution in [0.2, 0.25) is 10.0 Å². The van der Waals surface area contributed by atoms with E-state index in [2.05, 4.69) is 5.32 Å². The summed E-state index contributed by atoms with van der Waals surface area (Å²) in [6, 6.07) is 10.7. The summed E-state index contributed by atoms with van der Waals surface area (Å²) >= 11 is 11.9. The highest BCUT2D eigenvalue weighted by molar-refractivity contribution is 6.35. The lowest BCUT2D eigenvalue weighted by Crippen LogP contribution is -2.09. The second-order valence-corrected chi connectivity index (χ2v) is 5.54. The lowest BCUT2D eigenvalue weighted by molar-refractivity contribution is -0.111. The molecule has 0 aliphatic heterocycles. The molecule has 0 saturated carbocycles. The van der Waals surface area contributed by atoms with E-state index in [1.54, 1.807) is 31.4 Å². The Morgan fingerprint density at radius 1 is 1.18 bits per heavy atom. The van der Waals surface area contributed by atoms with Gasteiger partial charge in [0.1, 0.15) is 5.75 Å². The normalized spacial score (nSPS) is 10.7. The molecule has 0 radical (unpaired) electrons. The lowest BCUT2D eigenvalue weighted by Gasteiger charge is -2.09. The van der Waals surface area contributed by atoms with Crippen LogP contribution in [0.15, 0.2) is 42.5 Å². The van der Waals surface area contributed by atoms with Crippen LogP contribution in [-0.2, 0) is 4.79 Å². The number of benzene rings is 2. The van der Waals surface area contributed by atoms with Gasteiger partial charge in [0.25, 0.3) is 0 Å². The summed E-state index contributed by atoms with van der Waals surface area (Å²) < 4.78 is 5.22. The van der Waals surface area contributed by atoms with E-state index in [-0.39, 0.29) is 5.91 Å². The van der Waals surface area contributed by atoms with Crippen molar-refractivity contribution in [3.8, 4) is 5.75 Å². The Bertz CT molecular complexity index is 727. The second-order valence-electron chi connectivity index (χ2n) is 4.69. The Morgan fingerprint density at radius 2 is 1.95 bits per heavy atom. The summed E-state index contributed by atoms with van der Waals surface area (Å²) in [5, 5.41) is 3.83. The highest BCUT2D eigenvalue weighted by Gasteiger charge is 2.06. The fourth-order valence-corrected chi connectivity index (χ4v) is 2.37. The number of ether oxygens (including phenoxy) is 1. The highest BCUT2D eigenvalue weighted by Crippen LogP contribution is 2.25. The van der Waals surface area contributed by atoms with Gasteiger partial charge in [-0.2, -0.15) is 0 Å². The van der Waals surface area contributed by atoms with Crippen LogP contribution in [0.4, 0.5) is 5.69 Å². The van der Waals surface area contributed by atoms with Gasteiger partial charge in [-0.05, 0) is 48.4 Å². The van der Waals surface area contributed by atoms with Crippen LogP contribution in [0.25, 0.3) is 6.08 Å². The van der Waals surface area contributed by atoms with Crippen molar-refractivity contribution in [2.45, 2.75) is 6.92 Å². The predicted octanol–water partition coefficient (Wildman–Crippen LogP) is 4.96. The largest absolute Gasteiger partial charge is 0.495 e. The maximum absolute atomic E-state index is 12.0. The molecule has 2 aromatic rings. The standard InChI is InChI=1S/C17H15Cl2NO2/c1-11-3-7-16(22-2)15(9-11)20-17(21)8-5-12-4-6-13(18)10-14(12)19/h3-10H,1-2H3,(H,20,21). The van der Waals surface area contributed by atoms with Crippen molar-refractivity contribution in [2.75, 3.05) is 12.4 Å². The first-order chi connectivity index (χ1) is 10.5. The summed E-state index contributed by atoms with van der Waals surface area (Å²) in [5.74, 6) is 0.340. The fraction of sp³-hybridized carbons (Fsp3) is 0.118. The molecule has 2 aromatic carbocycles. The molecular formula is C17H15Cl2NO2. The van der Waals surface area contributed by atoms with Gasteiger partial charge in [-0.25, -0.2) is 0 Å². The summed E-state index contributed by atoms with van der Waals surface area (Å²) in [7, 11) is 1.56. The lowest BCUT2D eigenvalue weighted by atomic mass is 10.2. The second kappa shape index (κ2) is 7.34. The monoisotopic (exact) mass is 335 g/mol. The number of aryl methyl sites for hydroxylation is 1. The molecule has 0 saturated heterocycles. The van der Waals surface area contributed by atoms with Gasteiger partial charge in [0.15, 0.2) is 0 Å². The summed E-state index contributed by atoms with van der Waals surface area (Å²) in [5.41, 5.74) is 2.37. The molecule has 0 heterocycles. The van der Waals surface area contributed by atoms with Crippen molar-refractivity contribution in [3.05, 3.63) is 63.6 Å². The third-order valence-corrected chi connectivity index (χ3v) is 3.55. The van der Waals surface area contributed by atoms with E-state index >= 15 is 0 Å². The van der Waals surface area contributed by atoms with E-state index in [1.807, 2.05) is 25.1 Å². The Morgan fingerprint density at radius 3 is 2.64 bits per heavy atom. The molecule has 22 heavy (non-hydrogen) atoms. The molecule has 0 aliphatic rings.